The van der Waals surface area contributed by atoms with Crippen molar-refractivity contribution < 1.29 is 4.74 Å². The van der Waals surface area contributed by atoms with Crippen molar-refractivity contribution in [2.75, 3.05) is 7.11 Å². The second-order valence-corrected chi connectivity index (χ2v) is 8.22. The standard InChI is InChI=1S/C26H31NO/c1-7-11-23-21-13-9-10-14-22(21)24(12-8-2)27(26(3,4)5)25(23)19-15-17-20(28-6)18-16-19/h7-10,13-18,24H,1-2,11-12H2,3-6H3. The average molecular weight is 374 g/mol. The fourth-order valence-corrected chi connectivity index (χ4v) is 4.24. The molecule has 0 amide bonds. The van der Waals surface area contributed by atoms with Gasteiger partial charge in [-0.3, -0.25) is 0 Å². The van der Waals surface area contributed by atoms with Crippen LogP contribution in [0, 0.1) is 0 Å². The SMILES string of the molecule is C=CCC1=C(c2ccc(OC)cc2)N(C(C)(C)C)C(CC=C)c2ccccc21. The maximum Gasteiger partial charge on any atom is 0.118 e. The van der Waals surface area contributed by atoms with Gasteiger partial charge in [0.25, 0.3) is 0 Å². The van der Waals surface area contributed by atoms with Gasteiger partial charge in [0.2, 0.25) is 0 Å². The van der Waals surface area contributed by atoms with Crippen LogP contribution in [-0.4, -0.2) is 17.5 Å². The summed E-state index contributed by atoms with van der Waals surface area (Å²) >= 11 is 0. The molecule has 2 aromatic carbocycles. The molecule has 0 saturated carbocycles. The van der Waals surface area contributed by atoms with Gasteiger partial charge in [0, 0.05) is 11.2 Å². The van der Waals surface area contributed by atoms with E-state index < -0.39 is 0 Å². The van der Waals surface area contributed by atoms with Crippen LogP contribution >= 0.6 is 0 Å². The Morgan fingerprint density at radius 3 is 2.25 bits per heavy atom. The Morgan fingerprint density at radius 1 is 1.00 bits per heavy atom. The van der Waals surface area contributed by atoms with Crippen molar-refractivity contribution in [3.63, 3.8) is 0 Å². The first kappa shape index (κ1) is 20.0. The molecule has 28 heavy (non-hydrogen) atoms. The molecule has 1 atom stereocenters. The number of hydrogen-bond donors (Lipinski definition) is 0. The van der Waals surface area contributed by atoms with E-state index in [1.54, 1.807) is 7.11 Å². The van der Waals surface area contributed by atoms with Crippen LogP contribution in [0.2, 0.25) is 0 Å². The minimum Gasteiger partial charge on any atom is -0.497 e. The first-order valence-corrected chi connectivity index (χ1v) is 9.90. The van der Waals surface area contributed by atoms with Crippen molar-refractivity contribution in [1.29, 1.82) is 0 Å². The number of nitrogens with zero attached hydrogens (tertiary/aromatic N) is 1. The summed E-state index contributed by atoms with van der Waals surface area (Å²) in [5, 5.41) is 0. The normalized spacial score (nSPS) is 16.6. The van der Waals surface area contributed by atoms with Gasteiger partial charge < -0.3 is 9.64 Å². The van der Waals surface area contributed by atoms with Crippen molar-refractivity contribution in [2.24, 2.45) is 0 Å². The Bertz CT molecular complexity index is 883. The van der Waals surface area contributed by atoms with E-state index in [-0.39, 0.29) is 11.6 Å². The highest BCUT2D eigenvalue weighted by molar-refractivity contribution is 5.93. The molecule has 0 radical (unpaired) electrons. The first-order valence-electron chi connectivity index (χ1n) is 9.90. The molecular formula is C26H31NO. The maximum atomic E-state index is 5.38. The summed E-state index contributed by atoms with van der Waals surface area (Å²) in [7, 11) is 1.70. The van der Waals surface area contributed by atoms with E-state index in [0.717, 1.165) is 18.6 Å². The van der Waals surface area contributed by atoms with Gasteiger partial charge >= 0.3 is 0 Å². The Morgan fingerprint density at radius 2 is 1.68 bits per heavy atom. The zero-order chi connectivity index (χ0) is 20.3. The van der Waals surface area contributed by atoms with Crippen molar-refractivity contribution in [3.8, 4) is 5.75 Å². The van der Waals surface area contributed by atoms with Crippen LogP contribution in [0.15, 0.2) is 73.8 Å². The molecule has 146 valence electrons. The predicted molar refractivity (Wildman–Crippen MR) is 120 cm³/mol. The number of benzene rings is 2. The lowest BCUT2D eigenvalue weighted by Crippen LogP contribution is -2.44. The van der Waals surface area contributed by atoms with Crippen LogP contribution in [0.5, 0.6) is 5.75 Å². The van der Waals surface area contributed by atoms with Crippen LogP contribution in [-0.2, 0) is 0 Å². The lowest BCUT2D eigenvalue weighted by atomic mass is 9.81. The number of ether oxygens (including phenoxy) is 1. The van der Waals surface area contributed by atoms with Gasteiger partial charge in [-0.05, 0) is 80.1 Å². The Kier molecular flexibility index (Phi) is 5.79. The van der Waals surface area contributed by atoms with Gasteiger partial charge in [0.1, 0.15) is 5.75 Å². The van der Waals surface area contributed by atoms with Crippen molar-refractivity contribution in [1.82, 2.24) is 4.90 Å². The largest absolute Gasteiger partial charge is 0.497 e. The van der Waals surface area contributed by atoms with Crippen LogP contribution in [0.1, 0.15) is 56.3 Å². The molecule has 0 spiro atoms. The summed E-state index contributed by atoms with van der Waals surface area (Å²) in [6, 6.07) is 17.4. The van der Waals surface area contributed by atoms with E-state index in [1.165, 1.54) is 28.0 Å². The molecule has 3 rings (SSSR count). The third-order valence-corrected chi connectivity index (χ3v) is 5.31. The number of methoxy groups -OCH3 is 1. The summed E-state index contributed by atoms with van der Waals surface area (Å²) in [5.41, 5.74) is 6.44. The van der Waals surface area contributed by atoms with E-state index in [2.05, 4.69) is 75.2 Å². The molecule has 2 heteroatoms. The van der Waals surface area contributed by atoms with Gasteiger partial charge in [0.15, 0.2) is 0 Å². The molecule has 0 fully saturated rings. The number of fused-ring (bicyclic) bond motifs is 1. The zero-order valence-electron chi connectivity index (χ0n) is 17.5. The van der Waals surface area contributed by atoms with E-state index in [0.29, 0.717) is 0 Å². The molecule has 1 aliphatic heterocycles. The van der Waals surface area contributed by atoms with Crippen LogP contribution in [0.25, 0.3) is 11.3 Å². The lowest BCUT2D eigenvalue weighted by Gasteiger charge is -2.49. The topological polar surface area (TPSA) is 12.5 Å². The zero-order valence-corrected chi connectivity index (χ0v) is 17.5. The second kappa shape index (κ2) is 8.10. The van der Waals surface area contributed by atoms with Gasteiger partial charge in [-0.25, -0.2) is 0 Å². The Labute approximate surface area is 169 Å². The summed E-state index contributed by atoms with van der Waals surface area (Å²) in [6.45, 7) is 14.9. The van der Waals surface area contributed by atoms with Crippen LogP contribution in [0.4, 0.5) is 0 Å². The monoisotopic (exact) mass is 373 g/mol. The maximum absolute atomic E-state index is 5.38. The third kappa shape index (κ3) is 3.64. The smallest absolute Gasteiger partial charge is 0.118 e. The van der Waals surface area contributed by atoms with Gasteiger partial charge in [0.05, 0.1) is 13.2 Å². The fraction of sp³-hybridized carbons (Fsp3) is 0.308. The molecule has 2 aromatic rings. The highest BCUT2D eigenvalue weighted by Gasteiger charge is 2.38. The molecular weight excluding hydrogens is 342 g/mol. The third-order valence-electron chi connectivity index (χ3n) is 5.31. The lowest BCUT2D eigenvalue weighted by molar-refractivity contribution is 0.158. The Hall–Kier alpha value is -2.74. The highest BCUT2D eigenvalue weighted by Crippen LogP contribution is 2.49. The number of rotatable bonds is 6. The quantitative estimate of drug-likeness (QED) is 0.512. The molecule has 0 aliphatic carbocycles. The summed E-state index contributed by atoms with van der Waals surface area (Å²) in [6.07, 6.45) is 5.76. The van der Waals surface area contributed by atoms with Crippen LogP contribution in [0.3, 0.4) is 0 Å². The molecule has 0 bridgehead atoms. The minimum atomic E-state index is -0.0527. The Balaban J connectivity index is 2.34. The molecule has 2 nitrogen and oxygen atoms in total. The number of hydrogen-bond acceptors (Lipinski definition) is 2. The van der Waals surface area contributed by atoms with E-state index >= 15 is 0 Å². The molecule has 0 N–H and O–H groups in total. The highest BCUT2D eigenvalue weighted by atomic mass is 16.5. The van der Waals surface area contributed by atoms with E-state index in [1.807, 2.05) is 24.3 Å². The summed E-state index contributed by atoms with van der Waals surface area (Å²) < 4.78 is 5.38. The first-order chi connectivity index (χ1) is 13.4. The van der Waals surface area contributed by atoms with Gasteiger partial charge in [-0.15, -0.1) is 13.2 Å². The minimum absolute atomic E-state index is 0.0527. The average Bonchev–Trinajstić information content (AvgIpc) is 2.69. The predicted octanol–water partition coefficient (Wildman–Crippen LogP) is 6.87. The molecule has 1 aliphatic rings. The summed E-state index contributed by atoms with van der Waals surface area (Å²) in [4.78, 5) is 2.57. The van der Waals surface area contributed by atoms with E-state index in [4.69, 9.17) is 4.74 Å². The number of allylic oxidation sites excluding steroid dienone is 2. The molecule has 0 saturated heterocycles. The molecule has 0 aromatic heterocycles. The fourth-order valence-electron chi connectivity index (χ4n) is 4.24. The van der Waals surface area contributed by atoms with Gasteiger partial charge in [-0.2, -0.15) is 0 Å². The van der Waals surface area contributed by atoms with E-state index in [9.17, 15) is 0 Å². The van der Waals surface area contributed by atoms with Gasteiger partial charge in [-0.1, -0.05) is 36.4 Å². The second-order valence-electron chi connectivity index (χ2n) is 8.22. The molecule has 1 unspecified atom stereocenters. The van der Waals surface area contributed by atoms with Crippen LogP contribution < -0.4 is 4.74 Å². The summed E-state index contributed by atoms with van der Waals surface area (Å²) in [5.74, 6) is 0.871. The molecule has 1 heterocycles. The van der Waals surface area contributed by atoms with Crippen molar-refractivity contribution in [2.45, 2.75) is 45.2 Å². The van der Waals surface area contributed by atoms with Crippen molar-refractivity contribution >= 4 is 11.3 Å². The van der Waals surface area contributed by atoms with Crippen molar-refractivity contribution in [3.05, 3.63) is 90.5 Å².